The minimum absolute atomic E-state index is 0.146. The molecule has 6 heteroatoms. The summed E-state index contributed by atoms with van der Waals surface area (Å²) in [4.78, 5) is 0.146. The molecule has 0 spiro atoms. The second-order valence-electron chi connectivity index (χ2n) is 5.41. The van der Waals surface area contributed by atoms with Crippen LogP contribution in [0.15, 0.2) is 47.4 Å². The predicted octanol–water partition coefficient (Wildman–Crippen LogP) is 3.23. The summed E-state index contributed by atoms with van der Waals surface area (Å²) in [5.74, 6) is 1.27. The van der Waals surface area contributed by atoms with Crippen molar-refractivity contribution < 1.29 is 22.1 Å². The number of hydrogen-bond donors (Lipinski definition) is 0. The maximum Gasteiger partial charge on any atom is 0.297 e. The van der Waals surface area contributed by atoms with Gasteiger partial charge < -0.3 is 9.47 Å². The number of aryl methyl sites for hydroxylation is 1. The molecule has 0 radical (unpaired) electrons. The lowest BCUT2D eigenvalue weighted by molar-refractivity contribution is 0.170. The highest BCUT2D eigenvalue weighted by Gasteiger charge is 2.21. The van der Waals surface area contributed by atoms with E-state index in [9.17, 15) is 8.42 Å². The quantitative estimate of drug-likeness (QED) is 0.803. The Kier molecular flexibility index (Phi) is 4.28. The molecule has 3 rings (SSSR count). The van der Waals surface area contributed by atoms with E-state index in [-0.39, 0.29) is 4.90 Å². The van der Waals surface area contributed by atoms with Crippen LogP contribution in [0.3, 0.4) is 0 Å². The standard InChI is InChI=1S/C17H18O5S/c1-12-3-6-15(7-4-12)23(18,19)22-13(2)14-5-8-16-17(11-14)21-10-9-20-16/h3-8,11,13H,9-10H2,1-2H3. The monoisotopic (exact) mass is 334 g/mol. The molecule has 2 aromatic carbocycles. The summed E-state index contributed by atoms with van der Waals surface area (Å²) in [7, 11) is -3.82. The smallest absolute Gasteiger partial charge is 0.297 e. The van der Waals surface area contributed by atoms with Gasteiger partial charge in [0.05, 0.1) is 11.0 Å². The fourth-order valence-electron chi connectivity index (χ4n) is 2.32. The Balaban J connectivity index is 1.80. The van der Waals surface area contributed by atoms with Crippen LogP contribution in [0.25, 0.3) is 0 Å². The first-order chi connectivity index (χ1) is 11.0. The maximum atomic E-state index is 12.3. The second-order valence-corrected chi connectivity index (χ2v) is 6.98. The molecule has 0 N–H and O–H groups in total. The molecule has 2 aromatic rings. The van der Waals surface area contributed by atoms with E-state index in [4.69, 9.17) is 13.7 Å². The lowest BCUT2D eigenvalue weighted by Gasteiger charge is -2.20. The number of rotatable bonds is 4. The van der Waals surface area contributed by atoms with Gasteiger partial charge in [-0.1, -0.05) is 23.8 Å². The highest BCUT2D eigenvalue weighted by Crippen LogP contribution is 2.34. The van der Waals surface area contributed by atoms with E-state index in [0.29, 0.717) is 30.3 Å². The summed E-state index contributed by atoms with van der Waals surface area (Å²) in [6, 6.07) is 11.9. The Bertz CT molecular complexity index is 796. The molecule has 0 amide bonds. The molecule has 122 valence electrons. The van der Waals surface area contributed by atoms with E-state index in [1.54, 1.807) is 49.4 Å². The Morgan fingerprint density at radius 1 is 1.00 bits per heavy atom. The van der Waals surface area contributed by atoms with Crippen molar-refractivity contribution in [3.05, 3.63) is 53.6 Å². The van der Waals surface area contributed by atoms with Gasteiger partial charge in [-0.25, -0.2) is 0 Å². The van der Waals surface area contributed by atoms with Crippen molar-refractivity contribution in [1.82, 2.24) is 0 Å². The van der Waals surface area contributed by atoms with Crippen molar-refractivity contribution in [2.24, 2.45) is 0 Å². The average Bonchev–Trinajstić information content (AvgIpc) is 2.54. The van der Waals surface area contributed by atoms with Gasteiger partial charge in [-0.3, -0.25) is 4.18 Å². The SMILES string of the molecule is Cc1ccc(S(=O)(=O)OC(C)c2ccc3c(c2)OCCO3)cc1. The summed E-state index contributed by atoms with van der Waals surface area (Å²) >= 11 is 0. The zero-order valence-electron chi connectivity index (χ0n) is 13.0. The third kappa shape index (κ3) is 3.48. The topological polar surface area (TPSA) is 61.8 Å². The second kappa shape index (κ2) is 6.22. The minimum Gasteiger partial charge on any atom is -0.486 e. The molecule has 1 heterocycles. The molecule has 5 nitrogen and oxygen atoms in total. The van der Waals surface area contributed by atoms with E-state index >= 15 is 0 Å². The molecule has 0 saturated heterocycles. The van der Waals surface area contributed by atoms with Crippen molar-refractivity contribution in [2.75, 3.05) is 13.2 Å². The summed E-state index contributed by atoms with van der Waals surface area (Å²) in [6.07, 6.45) is -0.628. The molecule has 0 fully saturated rings. The van der Waals surface area contributed by atoms with Gasteiger partial charge in [0.25, 0.3) is 10.1 Å². The highest BCUT2D eigenvalue weighted by molar-refractivity contribution is 7.86. The molecule has 23 heavy (non-hydrogen) atoms. The van der Waals surface area contributed by atoms with Gasteiger partial charge in [-0.05, 0) is 43.7 Å². The van der Waals surface area contributed by atoms with Crippen LogP contribution >= 0.6 is 0 Å². The number of hydrogen-bond acceptors (Lipinski definition) is 5. The maximum absolute atomic E-state index is 12.3. The minimum atomic E-state index is -3.82. The third-order valence-corrected chi connectivity index (χ3v) is 5.01. The van der Waals surface area contributed by atoms with Crippen LogP contribution in [-0.2, 0) is 14.3 Å². The summed E-state index contributed by atoms with van der Waals surface area (Å²) in [5, 5.41) is 0. The van der Waals surface area contributed by atoms with Crippen molar-refractivity contribution in [3.63, 3.8) is 0 Å². The Morgan fingerprint density at radius 2 is 1.65 bits per heavy atom. The molecular formula is C17H18O5S. The van der Waals surface area contributed by atoms with Crippen LogP contribution in [0.1, 0.15) is 24.2 Å². The van der Waals surface area contributed by atoms with Gasteiger partial charge in [0.2, 0.25) is 0 Å². The first kappa shape index (κ1) is 15.8. The average molecular weight is 334 g/mol. The number of benzene rings is 2. The van der Waals surface area contributed by atoms with Crippen LogP contribution in [0.5, 0.6) is 11.5 Å². The van der Waals surface area contributed by atoms with E-state index in [0.717, 1.165) is 5.56 Å². The molecule has 1 atom stereocenters. The molecule has 1 unspecified atom stereocenters. The largest absolute Gasteiger partial charge is 0.486 e. The number of fused-ring (bicyclic) bond motifs is 1. The van der Waals surface area contributed by atoms with E-state index in [1.165, 1.54) is 0 Å². The molecule has 1 aliphatic rings. The van der Waals surface area contributed by atoms with Crippen LogP contribution < -0.4 is 9.47 Å². The third-order valence-electron chi connectivity index (χ3n) is 3.62. The zero-order valence-corrected chi connectivity index (χ0v) is 13.8. The Labute approximate surface area is 135 Å². The van der Waals surface area contributed by atoms with Gasteiger partial charge >= 0.3 is 0 Å². The van der Waals surface area contributed by atoms with Crippen LogP contribution in [0, 0.1) is 6.92 Å². The molecule has 0 aromatic heterocycles. The Morgan fingerprint density at radius 3 is 2.35 bits per heavy atom. The van der Waals surface area contributed by atoms with Crippen molar-refractivity contribution in [2.45, 2.75) is 24.8 Å². The summed E-state index contributed by atoms with van der Waals surface area (Å²) in [6.45, 7) is 4.58. The van der Waals surface area contributed by atoms with Crippen LogP contribution in [0.2, 0.25) is 0 Å². The number of ether oxygens (including phenoxy) is 2. The van der Waals surface area contributed by atoms with Gasteiger partial charge in [-0.2, -0.15) is 8.42 Å². The first-order valence-corrected chi connectivity index (χ1v) is 8.76. The lowest BCUT2D eigenvalue weighted by Crippen LogP contribution is -2.16. The molecule has 1 aliphatic heterocycles. The fraction of sp³-hybridized carbons (Fsp3) is 0.294. The van der Waals surface area contributed by atoms with E-state index < -0.39 is 16.2 Å². The predicted molar refractivity (Wildman–Crippen MR) is 85.3 cm³/mol. The van der Waals surface area contributed by atoms with Gasteiger partial charge in [0.15, 0.2) is 11.5 Å². The fourth-order valence-corrected chi connectivity index (χ4v) is 3.39. The summed E-state index contributed by atoms with van der Waals surface area (Å²) < 4.78 is 41.0. The van der Waals surface area contributed by atoms with E-state index in [1.807, 2.05) is 6.92 Å². The van der Waals surface area contributed by atoms with Gasteiger partial charge in [0, 0.05) is 0 Å². The highest BCUT2D eigenvalue weighted by atomic mass is 32.2. The normalized spacial score (nSPS) is 15.2. The van der Waals surface area contributed by atoms with Crippen LogP contribution in [-0.4, -0.2) is 21.6 Å². The van der Waals surface area contributed by atoms with Crippen molar-refractivity contribution >= 4 is 10.1 Å². The zero-order chi connectivity index (χ0) is 16.4. The van der Waals surface area contributed by atoms with Crippen LogP contribution in [0.4, 0.5) is 0 Å². The lowest BCUT2D eigenvalue weighted by atomic mass is 10.1. The molecule has 0 aliphatic carbocycles. The molecule has 0 bridgehead atoms. The van der Waals surface area contributed by atoms with Gasteiger partial charge in [0.1, 0.15) is 13.2 Å². The van der Waals surface area contributed by atoms with Crippen molar-refractivity contribution in [3.8, 4) is 11.5 Å². The van der Waals surface area contributed by atoms with E-state index in [2.05, 4.69) is 0 Å². The molecular weight excluding hydrogens is 316 g/mol. The molecule has 0 saturated carbocycles. The first-order valence-electron chi connectivity index (χ1n) is 7.35. The van der Waals surface area contributed by atoms with Crippen molar-refractivity contribution in [1.29, 1.82) is 0 Å². The summed E-state index contributed by atoms with van der Waals surface area (Å²) in [5.41, 5.74) is 1.70. The Hall–Kier alpha value is -2.05. The van der Waals surface area contributed by atoms with Gasteiger partial charge in [-0.15, -0.1) is 0 Å².